The maximum atomic E-state index is 11.9. The number of halogens is 3. The van der Waals surface area contributed by atoms with Gasteiger partial charge in [-0.2, -0.15) is 13.2 Å². The summed E-state index contributed by atoms with van der Waals surface area (Å²) in [6, 6.07) is 7.98. The number of alkyl halides is 3. The molecule has 0 bridgehead atoms. The van der Waals surface area contributed by atoms with E-state index in [1.807, 2.05) is 42.6 Å². The Morgan fingerprint density at radius 1 is 1.19 bits per heavy atom. The van der Waals surface area contributed by atoms with Crippen LogP contribution in [0.1, 0.15) is 18.5 Å². The molecule has 0 spiro atoms. The molecule has 1 aromatic rings. The summed E-state index contributed by atoms with van der Waals surface area (Å²) in [5, 5.41) is 6.22. The lowest BCUT2D eigenvalue weighted by Crippen LogP contribution is -2.46. The van der Waals surface area contributed by atoms with E-state index in [-0.39, 0.29) is 12.6 Å². The van der Waals surface area contributed by atoms with Gasteiger partial charge in [-0.25, -0.2) is 4.79 Å². The quantitative estimate of drug-likeness (QED) is 0.776. The van der Waals surface area contributed by atoms with Crippen LogP contribution in [0.15, 0.2) is 30.3 Å². The highest BCUT2D eigenvalue weighted by Gasteiger charge is 2.27. The number of urea groups is 1. The van der Waals surface area contributed by atoms with Crippen molar-refractivity contribution < 1.29 is 22.8 Å². The first-order valence-corrected chi connectivity index (χ1v) is 6.20. The second-order valence-corrected chi connectivity index (χ2v) is 4.36. The van der Waals surface area contributed by atoms with Crippen molar-refractivity contribution >= 4 is 11.9 Å². The summed E-state index contributed by atoms with van der Waals surface area (Å²) in [7, 11) is 0. The Morgan fingerprint density at radius 3 is 2.38 bits per heavy atom. The van der Waals surface area contributed by atoms with Gasteiger partial charge in [0.05, 0.1) is 6.54 Å². The van der Waals surface area contributed by atoms with Crippen LogP contribution in [0.5, 0.6) is 0 Å². The van der Waals surface area contributed by atoms with E-state index >= 15 is 0 Å². The summed E-state index contributed by atoms with van der Waals surface area (Å²) in [6.07, 6.45) is -4.51. The smallest absolute Gasteiger partial charge is 0.329 e. The number of rotatable bonds is 5. The van der Waals surface area contributed by atoms with E-state index in [0.717, 1.165) is 5.56 Å². The van der Waals surface area contributed by atoms with Crippen LogP contribution in [-0.4, -0.2) is 31.2 Å². The van der Waals surface area contributed by atoms with E-state index in [4.69, 9.17) is 0 Å². The van der Waals surface area contributed by atoms with Crippen LogP contribution in [0.25, 0.3) is 0 Å². The first-order chi connectivity index (χ1) is 9.78. The highest BCUT2D eigenvalue weighted by Crippen LogP contribution is 2.12. The molecule has 0 aromatic heterocycles. The number of hydrogen-bond acceptors (Lipinski definition) is 3. The molecule has 1 atom stereocenters. The lowest BCUT2D eigenvalue weighted by atomic mass is 10.1. The first kappa shape index (κ1) is 17.0. The van der Waals surface area contributed by atoms with E-state index in [2.05, 4.69) is 5.32 Å². The fraction of sp³-hybridized carbons (Fsp3) is 0.385. The van der Waals surface area contributed by atoms with Crippen LogP contribution in [0.3, 0.4) is 0 Å². The average molecular weight is 303 g/mol. The van der Waals surface area contributed by atoms with Gasteiger partial charge in [-0.3, -0.25) is 10.1 Å². The molecule has 5 nitrogen and oxygen atoms in total. The summed E-state index contributed by atoms with van der Waals surface area (Å²) in [5.41, 5.74) is 0.951. The van der Waals surface area contributed by atoms with Crippen molar-refractivity contribution in [3.8, 4) is 0 Å². The van der Waals surface area contributed by atoms with Gasteiger partial charge in [0.25, 0.3) is 0 Å². The molecule has 116 valence electrons. The predicted octanol–water partition coefficient (Wildman–Crippen LogP) is 1.73. The molecular formula is C13H16F3N3O2. The van der Waals surface area contributed by atoms with Crippen molar-refractivity contribution in [2.24, 2.45) is 0 Å². The Hall–Kier alpha value is -2.09. The third kappa shape index (κ3) is 7.31. The van der Waals surface area contributed by atoms with Crippen molar-refractivity contribution in [2.45, 2.75) is 19.1 Å². The Bertz CT molecular complexity index is 477. The van der Waals surface area contributed by atoms with Crippen LogP contribution in [-0.2, 0) is 4.79 Å². The molecule has 0 radical (unpaired) electrons. The van der Waals surface area contributed by atoms with Gasteiger partial charge in [-0.1, -0.05) is 30.3 Å². The molecule has 0 fully saturated rings. The minimum atomic E-state index is -4.51. The van der Waals surface area contributed by atoms with Crippen LogP contribution in [0.2, 0.25) is 0 Å². The SMILES string of the molecule is C[C@@H](NCC(=O)NC(=O)NCC(F)(F)F)c1ccccc1. The highest BCUT2D eigenvalue weighted by atomic mass is 19.4. The van der Waals surface area contributed by atoms with Crippen LogP contribution in [0, 0.1) is 0 Å². The maximum absolute atomic E-state index is 11.9. The fourth-order valence-corrected chi connectivity index (χ4v) is 1.50. The number of benzene rings is 1. The summed E-state index contributed by atoms with van der Waals surface area (Å²) in [4.78, 5) is 22.4. The van der Waals surface area contributed by atoms with Crippen LogP contribution in [0.4, 0.5) is 18.0 Å². The zero-order chi connectivity index (χ0) is 15.9. The second kappa shape index (κ2) is 7.63. The van der Waals surface area contributed by atoms with Crippen molar-refractivity contribution in [3.05, 3.63) is 35.9 Å². The minimum absolute atomic E-state index is 0.129. The lowest BCUT2D eigenvalue weighted by molar-refractivity contribution is -0.124. The van der Waals surface area contributed by atoms with E-state index in [0.29, 0.717) is 0 Å². The number of amides is 3. The maximum Gasteiger partial charge on any atom is 0.405 e. The molecule has 21 heavy (non-hydrogen) atoms. The topological polar surface area (TPSA) is 70.2 Å². The van der Waals surface area contributed by atoms with Gasteiger partial charge >= 0.3 is 12.2 Å². The number of carbonyl (C=O) groups excluding carboxylic acids is 2. The molecule has 1 aromatic carbocycles. The molecule has 1 rings (SSSR count). The van der Waals surface area contributed by atoms with Crippen molar-refractivity contribution in [3.63, 3.8) is 0 Å². The van der Waals surface area contributed by atoms with E-state index in [1.165, 1.54) is 0 Å². The third-order valence-electron chi connectivity index (χ3n) is 2.57. The van der Waals surface area contributed by atoms with Crippen LogP contribution < -0.4 is 16.0 Å². The number of hydrogen-bond donors (Lipinski definition) is 3. The molecule has 0 aliphatic rings. The number of imide groups is 1. The standard InChI is InChI=1S/C13H16F3N3O2/c1-9(10-5-3-2-4-6-10)17-7-11(20)19-12(21)18-8-13(14,15)16/h2-6,9,17H,7-8H2,1H3,(H2,18,19,20,21)/t9-/m1/s1. The molecule has 0 unspecified atom stereocenters. The van der Waals surface area contributed by atoms with Gasteiger partial charge in [0.2, 0.25) is 5.91 Å². The average Bonchev–Trinajstić information content (AvgIpc) is 2.43. The summed E-state index contributed by atoms with van der Waals surface area (Å²) >= 11 is 0. The molecule has 3 amide bonds. The second-order valence-electron chi connectivity index (χ2n) is 4.36. The zero-order valence-corrected chi connectivity index (χ0v) is 11.3. The molecule has 8 heteroatoms. The van der Waals surface area contributed by atoms with Crippen LogP contribution >= 0.6 is 0 Å². The molecular weight excluding hydrogens is 287 g/mol. The Labute approximate surface area is 119 Å². The molecule has 3 N–H and O–H groups in total. The van der Waals surface area contributed by atoms with E-state index in [9.17, 15) is 22.8 Å². The summed E-state index contributed by atoms with van der Waals surface area (Å²) < 4.78 is 35.6. The number of nitrogens with one attached hydrogen (secondary N) is 3. The lowest BCUT2D eigenvalue weighted by Gasteiger charge is -2.14. The molecule has 0 aliphatic carbocycles. The van der Waals surface area contributed by atoms with Gasteiger partial charge in [0.15, 0.2) is 0 Å². The predicted molar refractivity (Wildman–Crippen MR) is 70.5 cm³/mol. The monoisotopic (exact) mass is 303 g/mol. The highest BCUT2D eigenvalue weighted by molar-refractivity contribution is 5.95. The van der Waals surface area contributed by atoms with Gasteiger partial charge in [0.1, 0.15) is 6.54 Å². The van der Waals surface area contributed by atoms with Gasteiger partial charge in [-0.05, 0) is 12.5 Å². The molecule has 0 heterocycles. The fourth-order valence-electron chi connectivity index (χ4n) is 1.50. The number of carbonyl (C=O) groups is 2. The zero-order valence-electron chi connectivity index (χ0n) is 11.3. The Balaban J connectivity index is 2.29. The largest absolute Gasteiger partial charge is 0.405 e. The van der Waals surface area contributed by atoms with Crippen molar-refractivity contribution in [2.75, 3.05) is 13.1 Å². The van der Waals surface area contributed by atoms with Crippen molar-refractivity contribution in [1.29, 1.82) is 0 Å². The molecule has 0 saturated heterocycles. The van der Waals surface area contributed by atoms with E-state index in [1.54, 1.807) is 5.32 Å². The molecule has 0 saturated carbocycles. The summed E-state index contributed by atoms with van der Waals surface area (Å²) in [5.74, 6) is -0.711. The van der Waals surface area contributed by atoms with Gasteiger partial charge < -0.3 is 10.6 Å². The molecule has 0 aliphatic heterocycles. The summed E-state index contributed by atoms with van der Waals surface area (Å²) in [6.45, 7) is 0.155. The third-order valence-corrected chi connectivity index (χ3v) is 2.57. The Morgan fingerprint density at radius 2 is 1.81 bits per heavy atom. The van der Waals surface area contributed by atoms with E-state index < -0.39 is 24.7 Å². The first-order valence-electron chi connectivity index (χ1n) is 6.20. The normalized spacial score (nSPS) is 12.6. The van der Waals surface area contributed by atoms with Gasteiger partial charge in [-0.15, -0.1) is 0 Å². The Kier molecular flexibility index (Phi) is 6.16. The van der Waals surface area contributed by atoms with Crippen molar-refractivity contribution in [1.82, 2.24) is 16.0 Å². The minimum Gasteiger partial charge on any atom is -0.329 e. The van der Waals surface area contributed by atoms with Gasteiger partial charge in [0, 0.05) is 6.04 Å².